The van der Waals surface area contributed by atoms with Crippen LogP contribution in [0.5, 0.6) is 0 Å². The van der Waals surface area contributed by atoms with Crippen molar-refractivity contribution in [3.8, 4) is 0 Å². The molecule has 1 heterocycles. The summed E-state index contributed by atoms with van der Waals surface area (Å²) in [5.74, 6) is -1.30. The van der Waals surface area contributed by atoms with Gasteiger partial charge in [-0.1, -0.05) is 0 Å². The highest BCUT2D eigenvalue weighted by atomic mass is 16.4. The van der Waals surface area contributed by atoms with E-state index in [4.69, 9.17) is 0 Å². The van der Waals surface area contributed by atoms with E-state index in [1.165, 1.54) is 6.07 Å². The third-order valence-electron chi connectivity index (χ3n) is 3.31. The summed E-state index contributed by atoms with van der Waals surface area (Å²) in [6.07, 6.45) is 1.56. The van der Waals surface area contributed by atoms with Gasteiger partial charge in [0.05, 0.1) is 5.56 Å². The predicted octanol–water partition coefficient (Wildman–Crippen LogP) is 2.96. The van der Waals surface area contributed by atoms with Gasteiger partial charge in [-0.05, 0) is 56.2 Å². The third kappa shape index (κ3) is 3.25. The minimum atomic E-state index is -1.01. The van der Waals surface area contributed by atoms with E-state index in [9.17, 15) is 14.7 Å². The summed E-state index contributed by atoms with van der Waals surface area (Å²) in [7, 11) is 0. The second kappa shape index (κ2) is 5.75. The number of carboxylic acid groups (broad SMARTS) is 1. The van der Waals surface area contributed by atoms with Gasteiger partial charge in [-0.25, -0.2) is 4.79 Å². The van der Waals surface area contributed by atoms with Crippen molar-refractivity contribution in [2.75, 3.05) is 5.32 Å². The molecule has 0 atom stereocenters. The number of carboxylic acids is 1. The number of amides is 1. The molecule has 0 radical (unpaired) electrons. The average Bonchev–Trinajstić information content (AvgIpc) is 2.42. The Hall–Kier alpha value is -2.69. The fraction of sp³-hybridized carbons (Fsp3) is 0.188. The number of carbonyl (C=O) groups excluding carboxylic acids is 1. The van der Waals surface area contributed by atoms with E-state index in [1.807, 2.05) is 6.92 Å². The highest BCUT2D eigenvalue weighted by Gasteiger charge is 2.13. The smallest absolute Gasteiger partial charge is 0.336 e. The molecule has 5 heteroatoms. The summed E-state index contributed by atoms with van der Waals surface area (Å²) in [5, 5.41) is 11.9. The van der Waals surface area contributed by atoms with Crippen molar-refractivity contribution in [1.82, 2.24) is 4.98 Å². The Bertz CT molecular complexity index is 723. The highest BCUT2D eigenvalue weighted by molar-refractivity contribution is 6.05. The lowest BCUT2D eigenvalue weighted by Gasteiger charge is -2.11. The van der Waals surface area contributed by atoms with E-state index in [2.05, 4.69) is 10.3 Å². The van der Waals surface area contributed by atoms with Crippen LogP contribution in [0.3, 0.4) is 0 Å². The number of rotatable bonds is 3. The standard InChI is InChI=1S/C16H16N2O3/c1-9-6-13(8-14(11(9)3)16(20)21)18-15(19)12-4-5-17-10(2)7-12/h4-8H,1-3H3,(H,18,19)(H,20,21). The van der Waals surface area contributed by atoms with Crippen molar-refractivity contribution in [2.45, 2.75) is 20.8 Å². The zero-order valence-electron chi connectivity index (χ0n) is 12.1. The number of nitrogens with one attached hydrogen (secondary N) is 1. The number of aromatic carboxylic acids is 1. The fourth-order valence-corrected chi connectivity index (χ4v) is 2.04. The number of pyridine rings is 1. The Labute approximate surface area is 122 Å². The van der Waals surface area contributed by atoms with Crippen molar-refractivity contribution >= 4 is 17.6 Å². The maximum atomic E-state index is 12.2. The van der Waals surface area contributed by atoms with Crippen LogP contribution in [0, 0.1) is 20.8 Å². The number of carbonyl (C=O) groups is 2. The minimum absolute atomic E-state index is 0.191. The molecule has 21 heavy (non-hydrogen) atoms. The predicted molar refractivity (Wildman–Crippen MR) is 79.8 cm³/mol. The molecule has 0 saturated carbocycles. The molecule has 2 N–H and O–H groups in total. The van der Waals surface area contributed by atoms with Gasteiger partial charge >= 0.3 is 5.97 Å². The van der Waals surface area contributed by atoms with E-state index in [-0.39, 0.29) is 11.5 Å². The summed E-state index contributed by atoms with van der Waals surface area (Å²) in [5.41, 5.74) is 3.40. The van der Waals surface area contributed by atoms with Gasteiger partial charge in [0.25, 0.3) is 5.91 Å². The van der Waals surface area contributed by atoms with E-state index in [1.54, 1.807) is 38.2 Å². The Balaban J connectivity index is 2.32. The summed E-state index contributed by atoms with van der Waals surface area (Å²) < 4.78 is 0. The SMILES string of the molecule is Cc1cc(C(=O)Nc2cc(C)c(C)c(C(=O)O)c2)ccn1. The van der Waals surface area contributed by atoms with Gasteiger partial charge in [0.2, 0.25) is 0 Å². The zero-order chi connectivity index (χ0) is 15.6. The summed E-state index contributed by atoms with van der Waals surface area (Å²) in [6.45, 7) is 5.36. The minimum Gasteiger partial charge on any atom is -0.478 e. The number of aryl methyl sites for hydroxylation is 2. The first-order valence-corrected chi connectivity index (χ1v) is 6.47. The quantitative estimate of drug-likeness (QED) is 0.908. The van der Waals surface area contributed by atoms with Gasteiger partial charge in [-0.3, -0.25) is 9.78 Å². The number of aromatic nitrogens is 1. The van der Waals surface area contributed by atoms with Crippen LogP contribution in [0.1, 0.15) is 37.5 Å². The fourth-order valence-electron chi connectivity index (χ4n) is 2.04. The Morgan fingerprint density at radius 1 is 1.14 bits per heavy atom. The van der Waals surface area contributed by atoms with Crippen molar-refractivity contribution < 1.29 is 14.7 Å². The topological polar surface area (TPSA) is 79.3 Å². The first kappa shape index (κ1) is 14.7. The number of anilines is 1. The first-order chi connectivity index (χ1) is 9.88. The summed E-state index contributed by atoms with van der Waals surface area (Å²) in [6, 6.07) is 6.51. The van der Waals surface area contributed by atoms with Crippen LogP contribution >= 0.6 is 0 Å². The van der Waals surface area contributed by atoms with Crippen molar-refractivity contribution in [1.29, 1.82) is 0 Å². The monoisotopic (exact) mass is 284 g/mol. The van der Waals surface area contributed by atoms with Crippen LogP contribution in [0.2, 0.25) is 0 Å². The Kier molecular flexibility index (Phi) is 4.03. The molecular formula is C16H16N2O3. The molecule has 1 amide bonds. The molecule has 2 rings (SSSR count). The number of hydrogen-bond acceptors (Lipinski definition) is 3. The van der Waals surface area contributed by atoms with Gasteiger partial charge in [-0.2, -0.15) is 0 Å². The second-order valence-electron chi connectivity index (χ2n) is 4.91. The molecule has 1 aromatic heterocycles. The van der Waals surface area contributed by atoms with E-state index in [0.717, 1.165) is 11.3 Å². The first-order valence-electron chi connectivity index (χ1n) is 6.47. The molecule has 0 bridgehead atoms. The molecule has 0 aliphatic heterocycles. The second-order valence-corrected chi connectivity index (χ2v) is 4.91. The molecule has 0 unspecified atom stereocenters. The molecule has 0 spiro atoms. The van der Waals surface area contributed by atoms with Gasteiger partial charge < -0.3 is 10.4 Å². The lowest BCUT2D eigenvalue weighted by molar-refractivity contribution is 0.0695. The normalized spacial score (nSPS) is 10.2. The lowest BCUT2D eigenvalue weighted by Crippen LogP contribution is -2.13. The van der Waals surface area contributed by atoms with Crippen LogP contribution in [-0.4, -0.2) is 22.0 Å². The summed E-state index contributed by atoms with van der Waals surface area (Å²) >= 11 is 0. The number of benzene rings is 1. The van der Waals surface area contributed by atoms with E-state index in [0.29, 0.717) is 16.8 Å². The van der Waals surface area contributed by atoms with Gasteiger partial charge in [0.1, 0.15) is 0 Å². The van der Waals surface area contributed by atoms with Crippen LogP contribution in [0.25, 0.3) is 0 Å². The zero-order valence-corrected chi connectivity index (χ0v) is 12.1. The maximum absolute atomic E-state index is 12.2. The molecule has 1 aromatic carbocycles. The lowest BCUT2D eigenvalue weighted by atomic mass is 10.0. The Morgan fingerprint density at radius 3 is 2.48 bits per heavy atom. The molecule has 0 aliphatic rings. The average molecular weight is 284 g/mol. The largest absolute Gasteiger partial charge is 0.478 e. The molecular weight excluding hydrogens is 268 g/mol. The van der Waals surface area contributed by atoms with Crippen LogP contribution in [0.15, 0.2) is 30.5 Å². The molecule has 108 valence electrons. The van der Waals surface area contributed by atoms with Crippen molar-refractivity contribution in [3.63, 3.8) is 0 Å². The van der Waals surface area contributed by atoms with Crippen molar-refractivity contribution in [3.05, 3.63) is 58.4 Å². The van der Waals surface area contributed by atoms with Gasteiger partial charge in [0, 0.05) is 23.1 Å². The highest BCUT2D eigenvalue weighted by Crippen LogP contribution is 2.20. The molecule has 5 nitrogen and oxygen atoms in total. The van der Waals surface area contributed by atoms with Gasteiger partial charge in [-0.15, -0.1) is 0 Å². The molecule has 0 aliphatic carbocycles. The molecule has 2 aromatic rings. The number of hydrogen-bond donors (Lipinski definition) is 2. The van der Waals surface area contributed by atoms with Crippen LogP contribution < -0.4 is 5.32 Å². The number of nitrogens with zero attached hydrogens (tertiary/aromatic N) is 1. The van der Waals surface area contributed by atoms with Crippen molar-refractivity contribution in [2.24, 2.45) is 0 Å². The van der Waals surface area contributed by atoms with Gasteiger partial charge in [0.15, 0.2) is 0 Å². The van der Waals surface area contributed by atoms with Crippen LogP contribution in [-0.2, 0) is 0 Å². The third-order valence-corrected chi connectivity index (χ3v) is 3.31. The molecule has 0 saturated heterocycles. The summed E-state index contributed by atoms with van der Waals surface area (Å²) in [4.78, 5) is 27.4. The maximum Gasteiger partial charge on any atom is 0.336 e. The van der Waals surface area contributed by atoms with Crippen LogP contribution in [0.4, 0.5) is 5.69 Å². The van der Waals surface area contributed by atoms with E-state index >= 15 is 0 Å². The van der Waals surface area contributed by atoms with E-state index < -0.39 is 5.97 Å². The molecule has 0 fully saturated rings. The Morgan fingerprint density at radius 2 is 1.86 bits per heavy atom.